The number of rotatable bonds is 3. The van der Waals surface area contributed by atoms with Gasteiger partial charge in [-0.15, -0.1) is 0 Å². The minimum Gasteiger partial charge on any atom is -0.338 e. The highest BCUT2D eigenvalue weighted by molar-refractivity contribution is 5.74. The van der Waals surface area contributed by atoms with Crippen LogP contribution in [0.3, 0.4) is 0 Å². The molecule has 2 unspecified atom stereocenters. The van der Waals surface area contributed by atoms with Crippen LogP contribution in [0.1, 0.15) is 19.8 Å². The van der Waals surface area contributed by atoms with Gasteiger partial charge in [0.15, 0.2) is 0 Å². The molecule has 0 saturated carbocycles. The molecule has 3 N–H and O–H groups in total. The second-order valence-corrected chi connectivity index (χ2v) is 3.52. The molecule has 2 atom stereocenters. The maximum atomic E-state index is 13.2. The lowest BCUT2D eigenvalue weighted by Crippen LogP contribution is -2.53. The number of carbonyl (C=O) groups excluding carboxylic acids is 1. The zero-order chi connectivity index (χ0) is 10.4. The van der Waals surface area contributed by atoms with Crippen LogP contribution in [-0.2, 0) is 0 Å². The van der Waals surface area contributed by atoms with Gasteiger partial charge in [-0.05, 0) is 19.4 Å². The minimum atomic E-state index is -0.976. The molecule has 0 bridgehead atoms. The lowest BCUT2D eigenvalue weighted by molar-refractivity contribution is 0.193. The summed E-state index contributed by atoms with van der Waals surface area (Å²) in [5.41, 5.74) is 0. The molecule has 0 radical (unpaired) electrons. The molecule has 1 saturated heterocycles. The molecule has 1 heterocycles. The molecule has 0 aromatic heterocycles. The fraction of sp³-hybridized carbons (Fsp3) is 0.889. The monoisotopic (exact) mass is 203 g/mol. The van der Waals surface area contributed by atoms with E-state index in [1.165, 1.54) is 0 Å². The van der Waals surface area contributed by atoms with Gasteiger partial charge in [-0.3, -0.25) is 0 Å². The Morgan fingerprint density at radius 2 is 2.43 bits per heavy atom. The van der Waals surface area contributed by atoms with E-state index in [2.05, 4.69) is 16.0 Å². The van der Waals surface area contributed by atoms with Gasteiger partial charge < -0.3 is 16.0 Å². The van der Waals surface area contributed by atoms with Crippen molar-refractivity contribution >= 4 is 6.03 Å². The lowest BCUT2D eigenvalue weighted by Gasteiger charge is -2.27. The van der Waals surface area contributed by atoms with Crippen molar-refractivity contribution in [3.8, 4) is 0 Å². The van der Waals surface area contributed by atoms with Crippen molar-refractivity contribution in [1.29, 1.82) is 0 Å². The number of urea groups is 1. The molecule has 0 aromatic carbocycles. The number of hydrogen-bond donors (Lipinski definition) is 3. The summed E-state index contributed by atoms with van der Waals surface area (Å²) < 4.78 is 13.2. The van der Waals surface area contributed by atoms with E-state index in [4.69, 9.17) is 0 Å². The summed E-state index contributed by atoms with van der Waals surface area (Å²) in [5.74, 6) is 0. The summed E-state index contributed by atoms with van der Waals surface area (Å²) in [6.45, 7) is 3.70. The lowest BCUT2D eigenvalue weighted by atomic mass is 10.1. The maximum absolute atomic E-state index is 13.2. The zero-order valence-corrected chi connectivity index (χ0v) is 8.48. The number of halogens is 1. The molecule has 1 aliphatic heterocycles. The fourth-order valence-electron chi connectivity index (χ4n) is 1.44. The second kappa shape index (κ2) is 5.80. The molecule has 82 valence electrons. The molecular weight excluding hydrogens is 185 g/mol. The van der Waals surface area contributed by atoms with Gasteiger partial charge >= 0.3 is 6.03 Å². The molecule has 2 amide bonds. The van der Waals surface area contributed by atoms with Crippen LogP contribution in [0.25, 0.3) is 0 Å². The first-order chi connectivity index (χ1) is 6.74. The Hall–Kier alpha value is -0.840. The highest BCUT2D eigenvalue weighted by Crippen LogP contribution is 2.06. The van der Waals surface area contributed by atoms with Crippen molar-refractivity contribution in [2.75, 3.05) is 19.6 Å². The third-order valence-electron chi connectivity index (χ3n) is 2.26. The van der Waals surface area contributed by atoms with Gasteiger partial charge in [0.1, 0.15) is 6.17 Å². The van der Waals surface area contributed by atoms with Gasteiger partial charge in [-0.2, -0.15) is 0 Å². The number of piperidine rings is 1. The van der Waals surface area contributed by atoms with E-state index in [-0.39, 0.29) is 12.1 Å². The second-order valence-electron chi connectivity index (χ2n) is 3.52. The van der Waals surface area contributed by atoms with Crippen LogP contribution in [0.5, 0.6) is 0 Å². The van der Waals surface area contributed by atoms with Gasteiger partial charge in [0.2, 0.25) is 0 Å². The number of nitrogens with one attached hydrogen (secondary N) is 3. The Balaban J connectivity index is 2.23. The molecule has 0 aromatic rings. The Kier molecular flexibility index (Phi) is 4.65. The number of hydrogen-bond acceptors (Lipinski definition) is 2. The topological polar surface area (TPSA) is 53.2 Å². The van der Waals surface area contributed by atoms with Gasteiger partial charge in [-0.1, -0.05) is 6.92 Å². The molecule has 1 rings (SSSR count). The average Bonchev–Trinajstić information content (AvgIpc) is 2.18. The van der Waals surface area contributed by atoms with E-state index in [0.29, 0.717) is 19.5 Å². The summed E-state index contributed by atoms with van der Waals surface area (Å²) in [6.07, 6.45) is 0.565. The summed E-state index contributed by atoms with van der Waals surface area (Å²) in [4.78, 5) is 11.2. The first-order valence-corrected chi connectivity index (χ1v) is 5.13. The van der Waals surface area contributed by atoms with E-state index in [1.807, 2.05) is 6.92 Å². The molecule has 1 aliphatic rings. The smallest absolute Gasteiger partial charge is 0.315 e. The predicted molar refractivity (Wildman–Crippen MR) is 53.0 cm³/mol. The zero-order valence-electron chi connectivity index (χ0n) is 8.48. The van der Waals surface area contributed by atoms with Gasteiger partial charge in [0, 0.05) is 13.1 Å². The van der Waals surface area contributed by atoms with Crippen molar-refractivity contribution in [3.63, 3.8) is 0 Å². The first-order valence-electron chi connectivity index (χ1n) is 5.13. The van der Waals surface area contributed by atoms with Crippen LogP contribution in [0, 0.1) is 0 Å². The third kappa shape index (κ3) is 3.49. The van der Waals surface area contributed by atoms with Gasteiger partial charge in [0.25, 0.3) is 0 Å². The quantitative estimate of drug-likeness (QED) is 0.621. The van der Waals surface area contributed by atoms with Crippen LogP contribution in [-0.4, -0.2) is 37.9 Å². The molecule has 1 fully saturated rings. The van der Waals surface area contributed by atoms with Crippen molar-refractivity contribution < 1.29 is 9.18 Å². The van der Waals surface area contributed by atoms with Gasteiger partial charge in [-0.25, -0.2) is 9.18 Å². The first kappa shape index (κ1) is 11.2. The molecule has 14 heavy (non-hydrogen) atoms. The summed E-state index contributed by atoms with van der Waals surface area (Å²) in [5, 5.41) is 8.24. The number of alkyl halides is 1. The van der Waals surface area contributed by atoms with E-state index in [9.17, 15) is 9.18 Å². The Bertz CT molecular complexity index is 189. The molecule has 4 nitrogen and oxygen atoms in total. The minimum absolute atomic E-state index is 0.263. The molecule has 5 heteroatoms. The van der Waals surface area contributed by atoms with Crippen molar-refractivity contribution in [2.24, 2.45) is 0 Å². The van der Waals surface area contributed by atoms with E-state index in [1.54, 1.807) is 0 Å². The van der Waals surface area contributed by atoms with Crippen LogP contribution < -0.4 is 16.0 Å². The largest absolute Gasteiger partial charge is 0.338 e. The highest BCUT2D eigenvalue weighted by Gasteiger charge is 2.25. The van der Waals surface area contributed by atoms with Crippen LogP contribution >= 0.6 is 0 Å². The van der Waals surface area contributed by atoms with Crippen LogP contribution in [0.15, 0.2) is 0 Å². The Morgan fingerprint density at radius 3 is 3.07 bits per heavy atom. The predicted octanol–water partition coefficient (Wildman–Crippen LogP) is 0.396. The number of amides is 2. The SMILES string of the molecule is CCCNC(=O)NC1CCNCC1F. The third-order valence-corrected chi connectivity index (χ3v) is 2.26. The molecular formula is C9H18FN3O. The molecule has 0 aliphatic carbocycles. The summed E-state index contributed by atoms with van der Waals surface area (Å²) >= 11 is 0. The van der Waals surface area contributed by atoms with Crippen molar-refractivity contribution in [1.82, 2.24) is 16.0 Å². The fourth-order valence-corrected chi connectivity index (χ4v) is 1.44. The highest BCUT2D eigenvalue weighted by atomic mass is 19.1. The maximum Gasteiger partial charge on any atom is 0.315 e. The Morgan fingerprint density at radius 1 is 1.64 bits per heavy atom. The summed E-state index contributed by atoms with van der Waals surface area (Å²) in [6, 6.07) is -0.602. The van der Waals surface area contributed by atoms with E-state index < -0.39 is 6.17 Å². The normalized spacial score (nSPS) is 27.0. The standard InChI is InChI=1S/C9H18FN3O/c1-2-4-12-9(14)13-8-3-5-11-6-7(8)10/h7-8,11H,2-6H2,1H3,(H2,12,13,14). The van der Waals surface area contributed by atoms with Crippen molar-refractivity contribution in [3.05, 3.63) is 0 Å². The van der Waals surface area contributed by atoms with Crippen LogP contribution in [0.2, 0.25) is 0 Å². The van der Waals surface area contributed by atoms with Crippen LogP contribution in [0.4, 0.5) is 9.18 Å². The number of carbonyl (C=O) groups is 1. The summed E-state index contributed by atoms with van der Waals surface area (Å²) in [7, 11) is 0. The van der Waals surface area contributed by atoms with Crippen molar-refractivity contribution in [2.45, 2.75) is 32.0 Å². The van der Waals surface area contributed by atoms with E-state index in [0.717, 1.165) is 13.0 Å². The Labute approximate surface area is 83.6 Å². The van der Waals surface area contributed by atoms with Gasteiger partial charge in [0.05, 0.1) is 6.04 Å². The average molecular weight is 203 g/mol. The molecule has 0 spiro atoms. The van der Waals surface area contributed by atoms with E-state index >= 15 is 0 Å².